The maximum absolute atomic E-state index is 14.4. The van der Waals surface area contributed by atoms with Crippen LogP contribution in [0.3, 0.4) is 0 Å². The van der Waals surface area contributed by atoms with Crippen LogP contribution in [0.4, 0.5) is 35.1 Å². The van der Waals surface area contributed by atoms with Gasteiger partial charge in [-0.1, -0.05) is 0 Å². The monoisotopic (exact) mass is 507 g/mol. The van der Waals surface area contributed by atoms with Gasteiger partial charge in [0.1, 0.15) is 23.2 Å². The van der Waals surface area contributed by atoms with Crippen molar-refractivity contribution >= 4 is 34.7 Å². The highest BCUT2D eigenvalue weighted by Gasteiger charge is 2.30. The van der Waals surface area contributed by atoms with E-state index in [2.05, 4.69) is 25.6 Å². The first-order valence-electron chi connectivity index (χ1n) is 11.7. The summed E-state index contributed by atoms with van der Waals surface area (Å²) in [4.78, 5) is 24.8. The molecule has 3 aromatic rings. The molecule has 1 saturated carbocycles. The van der Waals surface area contributed by atoms with Crippen molar-refractivity contribution in [3.05, 3.63) is 35.8 Å². The number of imidazole rings is 1. The largest absolute Gasteiger partial charge is 0.378 e. The van der Waals surface area contributed by atoms with Gasteiger partial charge in [-0.3, -0.25) is 9.36 Å². The van der Waals surface area contributed by atoms with E-state index in [1.165, 1.54) is 6.20 Å². The second kappa shape index (κ2) is 9.88. The number of hydrogen-bond acceptors (Lipinski definition) is 7. The van der Waals surface area contributed by atoms with Crippen LogP contribution in [0.25, 0.3) is 11.2 Å². The number of amides is 1. The van der Waals surface area contributed by atoms with Crippen molar-refractivity contribution in [1.29, 1.82) is 0 Å². The summed E-state index contributed by atoms with van der Waals surface area (Å²) < 4.78 is 63.3. The fourth-order valence-electron chi connectivity index (χ4n) is 4.82. The van der Waals surface area contributed by atoms with E-state index in [9.17, 15) is 22.4 Å². The zero-order valence-electron chi connectivity index (χ0n) is 19.2. The number of fused-ring (bicyclic) bond motifs is 1. The molecule has 5 rings (SSSR count). The first-order valence-corrected chi connectivity index (χ1v) is 11.7. The van der Waals surface area contributed by atoms with Gasteiger partial charge in [-0.2, -0.15) is 4.98 Å². The molecule has 192 valence electrons. The molecule has 2 fully saturated rings. The van der Waals surface area contributed by atoms with E-state index in [1.807, 2.05) is 0 Å². The lowest BCUT2D eigenvalue weighted by molar-refractivity contribution is -0.122. The number of anilines is 3. The van der Waals surface area contributed by atoms with Crippen molar-refractivity contribution in [2.24, 2.45) is 11.7 Å². The van der Waals surface area contributed by atoms with Crippen molar-refractivity contribution in [2.45, 2.75) is 50.4 Å². The average Bonchev–Trinajstić information content (AvgIpc) is 3.20. The molecule has 2 aromatic heterocycles. The Morgan fingerprint density at radius 3 is 2.47 bits per heavy atom. The third kappa shape index (κ3) is 4.79. The number of carbonyl (C=O) groups excluding carboxylic acids is 1. The summed E-state index contributed by atoms with van der Waals surface area (Å²) in [6.45, 7) is 0.383. The molecular weight excluding hydrogens is 482 g/mol. The topological polar surface area (TPSA) is 120 Å². The van der Waals surface area contributed by atoms with Gasteiger partial charge in [0.05, 0.1) is 18.8 Å². The molecule has 2 aliphatic rings. The van der Waals surface area contributed by atoms with Crippen LogP contribution in [-0.4, -0.2) is 50.9 Å². The Kier molecular flexibility index (Phi) is 6.65. The summed E-state index contributed by atoms with van der Waals surface area (Å²) in [5, 5.41) is 5.64. The summed E-state index contributed by atoms with van der Waals surface area (Å²) in [6, 6.07) is 0.386. The number of hydrogen-bond donors (Lipinski definition) is 3. The standard InChI is InChI=1S/C23H25F4N7O2/c24-12-7-14(25)19(15(26)8-12)32-23-31-18-9-29-22(30-17-5-6-36-10-16(17)27)33-21(18)34(23)13-3-1-11(2-4-13)20(28)35/h7-9,11,13,16-17H,1-6,10H2,(H2,28,35)(H,31,32)(H,29,30,33)/t11?,13?,16-,17+/m1/s1. The number of ether oxygens (including phenoxy) is 1. The number of aromatic nitrogens is 4. The Balaban J connectivity index is 1.53. The van der Waals surface area contributed by atoms with E-state index >= 15 is 0 Å². The quantitative estimate of drug-likeness (QED) is 0.435. The Labute approximate surface area is 203 Å². The maximum atomic E-state index is 14.4. The minimum atomic E-state index is -1.23. The predicted octanol–water partition coefficient (Wildman–Crippen LogP) is 3.74. The second-order valence-electron chi connectivity index (χ2n) is 9.12. The smallest absolute Gasteiger partial charge is 0.225 e. The average molecular weight is 507 g/mol. The lowest BCUT2D eigenvalue weighted by atomic mass is 9.85. The zero-order chi connectivity index (χ0) is 25.4. The molecule has 1 amide bonds. The van der Waals surface area contributed by atoms with E-state index in [0.717, 1.165) is 0 Å². The third-order valence-corrected chi connectivity index (χ3v) is 6.74. The van der Waals surface area contributed by atoms with Gasteiger partial charge in [-0.15, -0.1) is 0 Å². The molecule has 4 N–H and O–H groups in total. The minimum Gasteiger partial charge on any atom is -0.378 e. The van der Waals surface area contributed by atoms with Gasteiger partial charge in [0.15, 0.2) is 17.3 Å². The van der Waals surface area contributed by atoms with Crippen molar-refractivity contribution in [3.8, 4) is 0 Å². The summed E-state index contributed by atoms with van der Waals surface area (Å²) in [6.07, 6.45) is 2.79. The third-order valence-electron chi connectivity index (χ3n) is 6.74. The summed E-state index contributed by atoms with van der Waals surface area (Å²) >= 11 is 0. The van der Waals surface area contributed by atoms with Crippen LogP contribution in [0.2, 0.25) is 0 Å². The summed E-state index contributed by atoms with van der Waals surface area (Å²) in [5.41, 5.74) is 5.61. The Bertz CT molecular complexity index is 1260. The molecule has 0 spiro atoms. The Morgan fingerprint density at radius 1 is 1.08 bits per heavy atom. The summed E-state index contributed by atoms with van der Waals surface area (Å²) in [5.74, 6) is -3.66. The van der Waals surface area contributed by atoms with Crippen LogP contribution in [0, 0.1) is 23.4 Å². The molecule has 0 unspecified atom stereocenters. The Morgan fingerprint density at radius 2 is 1.81 bits per heavy atom. The van der Waals surface area contributed by atoms with E-state index in [0.29, 0.717) is 62.0 Å². The number of benzene rings is 1. The summed E-state index contributed by atoms with van der Waals surface area (Å²) in [7, 11) is 0. The highest BCUT2D eigenvalue weighted by Crippen LogP contribution is 2.37. The van der Waals surface area contributed by atoms with Crippen molar-refractivity contribution < 1.29 is 27.1 Å². The number of nitrogens with one attached hydrogen (secondary N) is 2. The fraction of sp³-hybridized carbons (Fsp3) is 0.478. The first kappa shape index (κ1) is 24.2. The molecule has 3 heterocycles. The van der Waals surface area contributed by atoms with Crippen molar-refractivity contribution in [2.75, 3.05) is 23.8 Å². The zero-order valence-corrected chi connectivity index (χ0v) is 19.2. The van der Waals surface area contributed by atoms with Crippen LogP contribution in [0.15, 0.2) is 18.3 Å². The van der Waals surface area contributed by atoms with Crippen LogP contribution in [0.1, 0.15) is 38.1 Å². The molecule has 1 aromatic carbocycles. The van der Waals surface area contributed by atoms with Gasteiger partial charge in [0.2, 0.25) is 17.8 Å². The van der Waals surface area contributed by atoms with Gasteiger partial charge in [-0.25, -0.2) is 27.5 Å². The number of nitrogens with two attached hydrogens (primary N) is 1. The molecule has 36 heavy (non-hydrogen) atoms. The highest BCUT2D eigenvalue weighted by atomic mass is 19.1. The van der Waals surface area contributed by atoms with Crippen LogP contribution in [-0.2, 0) is 9.53 Å². The van der Waals surface area contributed by atoms with Crippen molar-refractivity contribution in [3.63, 3.8) is 0 Å². The SMILES string of the molecule is NC(=O)C1CCC(n2c(Nc3c(F)cc(F)cc3F)nc3cnc(N[C@H]4CCOC[C@H]4F)nc32)CC1. The number of primary amides is 1. The van der Waals surface area contributed by atoms with Crippen LogP contribution >= 0.6 is 0 Å². The van der Waals surface area contributed by atoms with Crippen LogP contribution in [0.5, 0.6) is 0 Å². The molecule has 9 nitrogen and oxygen atoms in total. The van der Waals surface area contributed by atoms with Gasteiger partial charge in [0.25, 0.3) is 0 Å². The molecule has 2 atom stereocenters. The van der Waals surface area contributed by atoms with E-state index in [1.54, 1.807) is 4.57 Å². The highest BCUT2D eigenvalue weighted by molar-refractivity contribution is 5.78. The lowest BCUT2D eigenvalue weighted by Gasteiger charge is -2.29. The van der Waals surface area contributed by atoms with E-state index in [-0.39, 0.29) is 36.4 Å². The Hall–Kier alpha value is -3.48. The molecule has 1 aliphatic heterocycles. The molecular formula is C23H25F4N7O2. The van der Waals surface area contributed by atoms with E-state index in [4.69, 9.17) is 10.5 Å². The second-order valence-corrected chi connectivity index (χ2v) is 9.12. The van der Waals surface area contributed by atoms with Gasteiger partial charge < -0.3 is 21.1 Å². The first-order chi connectivity index (χ1) is 17.3. The lowest BCUT2D eigenvalue weighted by Crippen LogP contribution is -2.39. The molecule has 1 saturated heterocycles. The molecule has 0 bridgehead atoms. The van der Waals surface area contributed by atoms with Crippen LogP contribution < -0.4 is 16.4 Å². The minimum absolute atomic E-state index is 0.0240. The predicted molar refractivity (Wildman–Crippen MR) is 123 cm³/mol. The molecule has 1 aliphatic carbocycles. The van der Waals surface area contributed by atoms with Gasteiger partial charge >= 0.3 is 0 Å². The van der Waals surface area contributed by atoms with Gasteiger partial charge in [-0.05, 0) is 32.1 Å². The normalized spacial score (nSPS) is 24.6. The number of carbonyl (C=O) groups is 1. The van der Waals surface area contributed by atoms with Crippen molar-refractivity contribution in [1.82, 2.24) is 19.5 Å². The van der Waals surface area contributed by atoms with Gasteiger partial charge in [0, 0.05) is 30.7 Å². The number of halogens is 4. The molecule has 13 heteroatoms. The molecule has 0 radical (unpaired) electrons. The number of nitrogens with zero attached hydrogens (tertiary/aromatic N) is 4. The number of rotatable bonds is 6. The number of alkyl halides is 1. The van der Waals surface area contributed by atoms with E-state index < -0.39 is 35.4 Å². The maximum Gasteiger partial charge on any atom is 0.225 e. The fourth-order valence-corrected chi connectivity index (χ4v) is 4.82.